The van der Waals surface area contributed by atoms with E-state index in [4.69, 9.17) is 4.74 Å². The van der Waals surface area contributed by atoms with Gasteiger partial charge in [-0.05, 0) is 44.2 Å². The molecule has 0 unspecified atom stereocenters. The first-order valence-corrected chi connectivity index (χ1v) is 7.88. The van der Waals surface area contributed by atoms with Gasteiger partial charge < -0.3 is 9.64 Å². The minimum Gasteiger partial charge on any atom is -0.467 e. The molecule has 1 aliphatic rings. The molecule has 2 heterocycles. The van der Waals surface area contributed by atoms with Gasteiger partial charge >= 0.3 is 5.97 Å². The Kier molecular flexibility index (Phi) is 4.81. The molecule has 0 N–H and O–H groups in total. The maximum atomic E-state index is 12.6. The summed E-state index contributed by atoms with van der Waals surface area (Å²) in [6.45, 7) is 4.76. The van der Waals surface area contributed by atoms with Crippen LogP contribution >= 0.6 is 11.3 Å². The molecule has 4 nitrogen and oxygen atoms in total. The zero-order chi connectivity index (χ0) is 14.7. The van der Waals surface area contributed by atoms with Crippen LogP contribution in [-0.2, 0) is 16.0 Å². The number of rotatable bonds is 3. The Hall–Kier alpha value is -1.36. The van der Waals surface area contributed by atoms with E-state index in [1.54, 1.807) is 4.90 Å². The summed E-state index contributed by atoms with van der Waals surface area (Å²) in [4.78, 5) is 28.1. The van der Waals surface area contributed by atoms with E-state index in [-0.39, 0.29) is 11.9 Å². The second-order valence-electron chi connectivity index (χ2n) is 5.08. The molecule has 0 spiro atoms. The van der Waals surface area contributed by atoms with Crippen LogP contribution in [0.15, 0.2) is 6.07 Å². The molecule has 0 saturated carbocycles. The predicted octanol–water partition coefficient (Wildman–Crippen LogP) is 2.79. The fourth-order valence-electron chi connectivity index (χ4n) is 2.67. The SMILES string of the molecule is CCc1cc(C(=O)N2CCCC[C@@H]2C(=O)OC)sc1C. The van der Waals surface area contributed by atoms with Crippen molar-refractivity contribution < 1.29 is 14.3 Å². The lowest BCUT2D eigenvalue weighted by molar-refractivity contribution is -0.147. The Morgan fingerprint density at radius 1 is 1.45 bits per heavy atom. The number of thiophene rings is 1. The summed E-state index contributed by atoms with van der Waals surface area (Å²) in [5.41, 5.74) is 1.21. The highest BCUT2D eigenvalue weighted by atomic mass is 32.1. The molecule has 0 aliphatic carbocycles. The molecule has 5 heteroatoms. The summed E-state index contributed by atoms with van der Waals surface area (Å²) in [5.74, 6) is -0.338. The standard InChI is InChI=1S/C15H21NO3S/c1-4-11-9-13(20-10(11)2)14(17)16-8-6-5-7-12(16)15(18)19-3/h9,12H,4-8H2,1-3H3/t12-/m1/s1. The number of hydrogen-bond donors (Lipinski definition) is 0. The third kappa shape index (κ3) is 2.87. The van der Waals surface area contributed by atoms with Crippen molar-refractivity contribution in [3.63, 3.8) is 0 Å². The molecule has 0 aromatic carbocycles. The van der Waals surface area contributed by atoms with E-state index in [0.29, 0.717) is 13.0 Å². The number of ether oxygens (including phenoxy) is 1. The maximum absolute atomic E-state index is 12.6. The molecule has 110 valence electrons. The summed E-state index contributed by atoms with van der Waals surface area (Å²) in [7, 11) is 1.38. The van der Waals surface area contributed by atoms with E-state index in [9.17, 15) is 9.59 Å². The van der Waals surface area contributed by atoms with Gasteiger partial charge in [-0.2, -0.15) is 0 Å². The molecular weight excluding hydrogens is 274 g/mol. The van der Waals surface area contributed by atoms with Gasteiger partial charge in [0.25, 0.3) is 5.91 Å². The number of carbonyl (C=O) groups excluding carboxylic acids is 2. The summed E-state index contributed by atoms with van der Waals surface area (Å²) < 4.78 is 4.83. The van der Waals surface area contributed by atoms with Crippen molar-refractivity contribution in [2.45, 2.75) is 45.6 Å². The number of hydrogen-bond acceptors (Lipinski definition) is 4. The van der Waals surface area contributed by atoms with Crippen LogP contribution < -0.4 is 0 Å². The van der Waals surface area contributed by atoms with Gasteiger partial charge in [-0.25, -0.2) is 4.79 Å². The summed E-state index contributed by atoms with van der Waals surface area (Å²) in [5, 5.41) is 0. The van der Waals surface area contributed by atoms with E-state index in [1.165, 1.54) is 28.9 Å². The topological polar surface area (TPSA) is 46.6 Å². The van der Waals surface area contributed by atoms with Gasteiger partial charge in [0, 0.05) is 11.4 Å². The number of carbonyl (C=O) groups is 2. The van der Waals surface area contributed by atoms with Gasteiger partial charge in [0.2, 0.25) is 0 Å². The van der Waals surface area contributed by atoms with Gasteiger partial charge in [0.1, 0.15) is 6.04 Å². The minimum absolute atomic E-state index is 0.0344. The number of amides is 1. The van der Waals surface area contributed by atoms with Crippen LogP contribution in [0.1, 0.15) is 46.3 Å². The predicted molar refractivity (Wildman–Crippen MR) is 79.1 cm³/mol. The fourth-order valence-corrected chi connectivity index (χ4v) is 3.74. The van der Waals surface area contributed by atoms with E-state index in [1.807, 2.05) is 13.0 Å². The van der Waals surface area contributed by atoms with Crippen molar-refractivity contribution >= 4 is 23.2 Å². The average molecular weight is 295 g/mol. The van der Waals surface area contributed by atoms with Gasteiger partial charge in [-0.1, -0.05) is 6.92 Å². The van der Waals surface area contributed by atoms with Crippen LogP contribution in [0.25, 0.3) is 0 Å². The number of aryl methyl sites for hydroxylation is 2. The number of nitrogens with zero attached hydrogens (tertiary/aromatic N) is 1. The van der Waals surface area contributed by atoms with Gasteiger partial charge in [0.05, 0.1) is 12.0 Å². The lowest BCUT2D eigenvalue weighted by Crippen LogP contribution is -2.48. The summed E-state index contributed by atoms with van der Waals surface area (Å²) in [6, 6.07) is 1.54. The Morgan fingerprint density at radius 2 is 2.20 bits per heavy atom. The monoisotopic (exact) mass is 295 g/mol. The Labute approximate surface area is 123 Å². The van der Waals surface area contributed by atoms with E-state index in [0.717, 1.165) is 24.1 Å². The average Bonchev–Trinajstić information content (AvgIpc) is 2.86. The largest absolute Gasteiger partial charge is 0.467 e. The second-order valence-corrected chi connectivity index (χ2v) is 6.34. The highest BCUT2D eigenvalue weighted by molar-refractivity contribution is 7.14. The zero-order valence-electron chi connectivity index (χ0n) is 12.3. The fraction of sp³-hybridized carbons (Fsp3) is 0.600. The second kappa shape index (κ2) is 6.39. The molecule has 1 atom stereocenters. The van der Waals surface area contributed by atoms with Crippen LogP contribution in [-0.4, -0.2) is 36.5 Å². The van der Waals surface area contributed by atoms with Crippen molar-refractivity contribution in [2.75, 3.05) is 13.7 Å². The minimum atomic E-state index is -0.422. The van der Waals surface area contributed by atoms with Crippen LogP contribution in [0.2, 0.25) is 0 Å². The summed E-state index contributed by atoms with van der Waals surface area (Å²) >= 11 is 1.52. The number of methoxy groups -OCH3 is 1. The number of piperidine rings is 1. The molecule has 2 rings (SSSR count). The Bertz CT molecular complexity index is 509. The normalized spacial score (nSPS) is 18.9. The molecule has 1 saturated heterocycles. The molecule has 0 radical (unpaired) electrons. The molecular formula is C15H21NO3S. The van der Waals surface area contributed by atoms with Crippen molar-refractivity contribution in [3.8, 4) is 0 Å². The summed E-state index contributed by atoms with van der Waals surface area (Å²) in [6.07, 6.45) is 3.54. The molecule has 1 aromatic rings. The zero-order valence-corrected chi connectivity index (χ0v) is 13.1. The molecule has 1 aliphatic heterocycles. The lowest BCUT2D eigenvalue weighted by Gasteiger charge is -2.33. The van der Waals surface area contributed by atoms with Crippen molar-refractivity contribution in [2.24, 2.45) is 0 Å². The lowest BCUT2D eigenvalue weighted by atomic mass is 10.0. The Balaban J connectivity index is 2.22. The Morgan fingerprint density at radius 3 is 2.80 bits per heavy atom. The maximum Gasteiger partial charge on any atom is 0.328 e. The van der Waals surface area contributed by atoms with Crippen LogP contribution in [0.3, 0.4) is 0 Å². The van der Waals surface area contributed by atoms with E-state index >= 15 is 0 Å². The first-order valence-electron chi connectivity index (χ1n) is 7.06. The van der Waals surface area contributed by atoms with Crippen molar-refractivity contribution in [3.05, 3.63) is 21.4 Å². The molecule has 1 amide bonds. The van der Waals surface area contributed by atoms with Crippen LogP contribution in [0, 0.1) is 6.92 Å². The molecule has 0 bridgehead atoms. The molecule has 20 heavy (non-hydrogen) atoms. The smallest absolute Gasteiger partial charge is 0.328 e. The number of esters is 1. The quantitative estimate of drug-likeness (QED) is 0.806. The van der Waals surface area contributed by atoms with Gasteiger partial charge in [-0.15, -0.1) is 11.3 Å². The first kappa shape index (κ1) is 15.0. The van der Waals surface area contributed by atoms with E-state index in [2.05, 4.69) is 6.92 Å². The van der Waals surface area contributed by atoms with Crippen molar-refractivity contribution in [1.29, 1.82) is 0 Å². The van der Waals surface area contributed by atoms with Crippen LogP contribution in [0.5, 0.6) is 0 Å². The molecule has 1 aromatic heterocycles. The molecule has 1 fully saturated rings. The highest BCUT2D eigenvalue weighted by Crippen LogP contribution is 2.26. The van der Waals surface area contributed by atoms with Crippen molar-refractivity contribution in [1.82, 2.24) is 4.90 Å². The first-order chi connectivity index (χ1) is 9.58. The van der Waals surface area contributed by atoms with E-state index < -0.39 is 6.04 Å². The van der Waals surface area contributed by atoms with Gasteiger partial charge in [0.15, 0.2) is 0 Å². The van der Waals surface area contributed by atoms with Gasteiger partial charge in [-0.3, -0.25) is 4.79 Å². The third-order valence-corrected chi connectivity index (χ3v) is 4.93. The van der Waals surface area contributed by atoms with Crippen LogP contribution in [0.4, 0.5) is 0 Å². The number of likely N-dealkylation sites (tertiary alicyclic amines) is 1. The highest BCUT2D eigenvalue weighted by Gasteiger charge is 2.34. The third-order valence-electron chi connectivity index (χ3n) is 3.85.